The van der Waals surface area contributed by atoms with E-state index in [2.05, 4.69) is 4.85 Å². The molecule has 6 bridgehead atoms. The Kier molecular flexibility index (Phi) is 12.4. The molecule has 12 rings (SSSR count). The molecule has 0 saturated carbocycles. The average Bonchev–Trinajstić information content (AvgIpc) is 3.37. The Balaban J connectivity index is 0.000000136. The van der Waals surface area contributed by atoms with Crippen LogP contribution in [0.15, 0.2) is 54.6 Å². The van der Waals surface area contributed by atoms with E-state index >= 15 is 0 Å². The van der Waals surface area contributed by atoms with E-state index in [1.165, 1.54) is 12.1 Å². The van der Waals surface area contributed by atoms with Gasteiger partial charge in [0.1, 0.15) is 16.8 Å². The lowest BCUT2D eigenvalue weighted by atomic mass is 9.67. The van der Waals surface area contributed by atoms with E-state index in [1.54, 1.807) is 41.5 Å². The average molecular weight is 1140 g/mol. The second kappa shape index (κ2) is 17.6. The Morgan fingerprint density at radius 3 is 1.00 bits per heavy atom. The van der Waals surface area contributed by atoms with E-state index in [4.69, 9.17) is 31.3 Å². The van der Waals surface area contributed by atoms with Crippen LogP contribution in [0.2, 0.25) is 0 Å². The number of carbonyl (C=O) groups excluding carboxylic acids is 6. The number of ether oxygens (including phenoxy) is 3. The maximum Gasteiger partial charge on any atom is 0.417 e. The van der Waals surface area contributed by atoms with Crippen molar-refractivity contribution in [3.8, 4) is 12.1 Å². The molecular weight excluding hydrogens is 1100 g/mol. The molecule has 9 aliphatic rings. The number of halogens is 9. The highest BCUT2D eigenvalue weighted by Gasteiger charge is 2.78. The van der Waals surface area contributed by atoms with Crippen LogP contribution < -0.4 is 14.7 Å². The predicted molar refractivity (Wildman–Crippen MR) is 254 cm³/mol. The lowest BCUT2D eigenvalue weighted by Gasteiger charge is -2.31. The van der Waals surface area contributed by atoms with Gasteiger partial charge in [-0.15, -0.1) is 0 Å². The highest BCUT2D eigenvalue weighted by Crippen LogP contribution is 2.64. The number of rotatable bonds is 3. The first-order valence-electron chi connectivity index (χ1n) is 24.9. The van der Waals surface area contributed by atoms with Crippen LogP contribution in [0.3, 0.4) is 0 Å². The van der Waals surface area contributed by atoms with Gasteiger partial charge < -0.3 is 29.5 Å². The molecule has 9 aliphatic heterocycles. The third-order valence-electron chi connectivity index (χ3n) is 17.9. The second-order valence-corrected chi connectivity index (χ2v) is 22.8. The zero-order chi connectivity index (χ0) is 59.8. The molecule has 18 nitrogen and oxygen atoms in total. The number of aliphatic hydroxyl groups excluding tert-OH is 3. The quantitative estimate of drug-likeness (QED) is 0.141. The first-order chi connectivity index (χ1) is 37.3. The first kappa shape index (κ1) is 56.9. The van der Waals surface area contributed by atoms with Gasteiger partial charge in [0.05, 0.1) is 129 Å². The van der Waals surface area contributed by atoms with Crippen LogP contribution in [-0.4, -0.2) is 103 Å². The van der Waals surface area contributed by atoms with E-state index in [0.717, 1.165) is 51.1 Å². The topological polar surface area (TPSA) is 252 Å². The predicted octanol–water partition coefficient (Wildman–Crippen LogP) is 6.66. The fourth-order valence-corrected chi connectivity index (χ4v) is 14.3. The molecule has 0 radical (unpaired) electrons. The van der Waals surface area contributed by atoms with E-state index in [0.29, 0.717) is 18.2 Å². The van der Waals surface area contributed by atoms with Gasteiger partial charge in [-0.2, -0.15) is 50.0 Å². The summed E-state index contributed by atoms with van der Waals surface area (Å²) in [6.07, 6.45) is -16.8. The molecule has 6 unspecified atom stereocenters. The molecular formula is C54H45F9N6O12. The van der Waals surface area contributed by atoms with Crippen molar-refractivity contribution in [2.75, 3.05) is 14.7 Å². The molecule has 81 heavy (non-hydrogen) atoms. The summed E-state index contributed by atoms with van der Waals surface area (Å²) in [7, 11) is 0. The molecule has 0 spiro atoms. The zero-order valence-corrected chi connectivity index (χ0v) is 43.1. The van der Waals surface area contributed by atoms with Gasteiger partial charge in [-0.1, -0.05) is 6.07 Å². The van der Waals surface area contributed by atoms with Crippen LogP contribution in [0.1, 0.15) is 88.6 Å². The summed E-state index contributed by atoms with van der Waals surface area (Å²) in [5, 5.41) is 48.7. The number of benzene rings is 3. The largest absolute Gasteiger partial charge is 0.417 e. The molecule has 3 N–H and O–H groups in total. The molecule has 9 fully saturated rings. The van der Waals surface area contributed by atoms with Gasteiger partial charge in [0, 0.05) is 24.9 Å². The summed E-state index contributed by atoms with van der Waals surface area (Å²) in [5.74, 6) is -9.56. The number of fused-ring (bicyclic) bond motifs is 15. The van der Waals surface area contributed by atoms with Crippen molar-refractivity contribution in [3.63, 3.8) is 0 Å². The Labute approximate surface area is 452 Å². The minimum Gasteiger partial charge on any atom is -0.390 e. The van der Waals surface area contributed by atoms with Crippen LogP contribution in [0.4, 0.5) is 62.3 Å². The van der Waals surface area contributed by atoms with Gasteiger partial charge in [-0.25, -0.2) is 19.5 Å². The van der Waals surface area contributed by atoms with Gasteiger partial charge in [-0.3, -0.25) is 28.8 Å². The Morgan fingerprint density at radius 2 is 0.741 bits per heavy atom. The number of hydrogen-bond acceptors (Lipinski definition) is 14. The summed E-state index contributed by atoms with van der Waals surface area (Å²) in [4.78, 5) is 82.8. The molecule has 426 valence electrons. The third-order valence-corrected chi connectivity index (χ3v) is 17.9. The number of nitriles is 2. The summed E-state index contributed by atoms with van der Waals surface area (Å²) in [6, 6.07) is 11.1. The molecule has 15 atom stereocenters. The lowest BCUT2D eigenvalue weighted by molar-refractivity contribution is -0.138. The van der Waals surface area contributed by atoms with Crippen LogP contribution in [0.25, 0.3) is 4.85 Å². The minimum atomic E-state index is -4.81. The number of alkyl halides is 9. The van der Waals surface area contributed by atoms with E-state index in [-0.39, 0.29) is 36.3 Å². The highest BCUT2D eigenvalue weighted by molar-refractivity contribution is 6.25. The summed E-state index contributed by atoms with van der Waals surface area (Å²) in [5.41, 5.74) is -13.1. The number of amides is 6. The standard InChI is InChI=1S/3C18H15F3N2O4/c1-16-7-11(24)17(2,27-16)13-12(16)14(25)23(15(13)26)8-4-5-10(22-3)9(6-8)18(19,20)21;2*1-16-6-11(24)17(2,27-16)13-12(16)14(25)23(15(13)26)9-4-3-8(7-22)10(5-9)18(19,20)21/h4-6,11-13,24H,7H2,1-2H3;2*3-5,11-13,24H,6H2,1-2H3/t2*11-,12+,13-,16?,17?;11-,12-,13+,16?,17?/m010/s1. The van der Waals surface area contributed by atoms with Gasteiger partial charge in [0.15, 0.2) is 5.69 Å². The molecule has 9 heterocycles. The van der Waals surface area contributed by atoms with Crippen molar-refractivity contribution in [3.05, 3.63) is 93.8 Å². The number of aliphatic hydroxyl groups is 3. The Morgan fingerprint density at radius 1 is 0.481 bits per heavy atom. The van der Waals surface area contributed by atoms with Crippen LogP contribution >= 0.6 is 0 Å². The molecule has 3 aromatic carbocycles. The maximum atomic E-state index is 13.2. The van der Waals surface area contributed by atoms with E-state index in [9.17, 15) is 83.6 Å². The Hall–Kier alpha value is -7.32. The van der Waals surface area contributed by atoms with Crippen molar-refractivity contribution in [2.24, 2.45) is 35.5 Å². The number of imide groups is 3. The molecule has 3 aromatic rings. The van der Waals surface area contributed by atoms with Gasteiger partial charge in [0.25, 0.3) is 0 Å². The number of hydrogen-bond donors (Lipinski definition) is 3. The first-order valence-corrected chi connectivity index (χ1v) is 24.9. The molecule has 0 aromatic heterocycles. The molecule has 0 aliphatic carbocycles. The SMILES string of the molecule is CC12C[C@@H](O)C(C)(O1)[C@H]1C(=O)N(c3ccc(C#N)c(C(F)(F)F)c3)C(=O)[C@H]12.CC12C[C@H](O)C(C)(O1)[C@H]1C(=O)N(c3ccc(C#N)c(C(F)(F)F)c3)C(=O)[C@H]12.[C-]#[N+]c1ccc(N2C(=O)[C@@H]3[C@H](C2=O)C2(C)C[C@H](O)C3(C)O2)cc1C(F)(F)F. The van der Waals surface area contributed by atoms with E-state index in [1.807, 2.05) is 0 Å². The van der Waals surface area contributed by atoms with Crippen molar-refractivity contribution < 1.29 is 97.8 Å². The molecule has 9 saturated heterocycles. The fourth-order valence-electron chi connectivity index (χ4n) is 14.3. The summed E-state index contributed by atoms with van der Waals surface area (Å²) in [6.45, 7) is 16.4. The van der Waals surface area contributed by atoms with Crippen molar-refractivity contribution in [2.45, 2.75) is 131 Å². The highest BCUT2D eigenvalue weighted by atomic mass is 19.4. The minimum absolute atomic E-state index is 0.165. The van der Waals surface area contributed by atoms with E-state index < -0.39 is 175 Å². The summed E-state index contributed by atoms with van der Waals surface area (Å²) < 4.78 is 137. The van der Waals surface area contributed by atoms with Gasteiger partial charge >= 0.3 is 18.5 Å². The number of carbonyl (C=O) groups is 6. The lowest BCUT2D eigenvalue weighted by Crippen LogP contribution is -2.49. The fraction of sp³-hybridized carbons (Fsp3) is 0.500. The normalized spacial score (nSPS) is 37.7. The molecule has 6 amide bonds. The van der Waals surface area contributed by atoms with Gasteiger partial charge in [0.2, 0.25) is 35.4 Å². The zero-order valence-electron chi connectivity index (χ0n) is 43.1. The molecule has 27 heteroatoms. The number of anilines is 3. The second-order valence-electron chi connectivity index (χ2n) is 22.8. The number of nitrogens with zero attached hydrogens (tertiary/aromatic N) is 6. The van der Waals surface area contributed by atoms with Crippen LogP contribution in [-0.2, 0) is 61.5 Å². The monoisotopic (exact) mass is 1140 g/mol. The summed E-state index contributed by atoms with van der Waals surface area (Å²) >= 11 is 0. The van der Waals surface area contributed by atoms with Crippen molar-refractivity contribution in [1.29, 1.82) is 10.5 Å². The van der Waals surface area contributed by atoms with Crippen LogP contribution in [0.5, 0.6) is 0 Å². The third kappa shape index (κ3) is 7.88. The van der Waals surface area contributed by atoms with Crippen molar-refractivity contribution >= 4 is 58.2 Å². The van der Waals surface area contributed by atoms with Crippen LogP contribution in [0, 0.1) is 64.7 Å². The maximum absolute atomic E-state index is 13.2. The smallest absolute Gasteiger partial charge is 0.390 e. The van der Waals surface area contributed by atoms with Crippen molar-refractivity contribution in [1.82, 2.24) is 0 Å². The Bertz CT molecular complexity index is 3130. The van der Waals surface area contributed by atoms with Gasteiger partial charge in [-0.05, 0) is 90.1 Å².